The van der Waals surface area contributed by atoms with Crippen LogP contribution in [0.15, 0.2) is 36.8 Å². The zero-order valence-corrected chi connectivity index (χ0v) is 10.5. The highest BCUT2D eigenvalue weighted by Gasteiger charge is 2.00. The zero-order chi connectivity index (χ0) is 12.1. The molecule has 0 unspecified atom stereocenters. The second-order valence-electron chi connectivity index (χ2n) is 4.07. The highest BCUT2D eigenvalue weighted by atomic mass is 15.0. The number of hydrogen-bond donors (Lipinski definition) is 1. The SMILES string of the molecule is CCNCc1cn(-c2ccc(CC)cc2)cn1. The molecule has 1 heterocycles. The summed E-state index contributed by atoms with van der Waals surface area (Å²) in [7, 11) is 0. The van der Waals surface area contributed by atoms with Crippen LogP contribution in [0, 0.1) is 0 Å². The fourth-order valence-electron chi connectivity index (χ4n) is 1.75. The molecule has 0 saturated heterocycles. The molecule has 0 radical (unpaired) electrons. The Morgan fingerprint density at radius 3 is 2.59 bits per heavy atom. The molecule has 0 amide bonds. The second kappa shape index (κ2) is 5.64. The van der Waals surface area contributed by atoms with E-state index >= 15 is 0 Å². The van der Waals surface area contributed by atoms with E-state index < -0.39 is 0 Å². The fourth-order valence-corrected chi connectivity index (χ4v) is 1.75. The van der Waals surface area contributed by atoms with E-state index in [1.807, 2.05) is 6.33 Å². The fraction of sp³-hybridized carbons (Fsp3) is 0.357. The van der Waals surface area contributed by atoms with Crippen LogP contribution in [-0.2, 0) is 13.0 Å². The van der Waals surface area contributed by atoms with Crippen molar-refractivity contribution < 1.29 is 0 Å². The van der Waals surface area contributed by atoms with Crippen molar-refractivity contribution in [3.8, 4) is 5.69 Å². The lowest BCUT2D eigenvalue weighted by Gasteiger charge is -2.03. The molecule has 0 aliphatic rings. The molecule has 2 aromatic rings. The molecule has 1 N–H and O–H groups in total. The monoisotopic (exact) mass is 229 g/mol. The van der Waals surface area contributed by atoms with E-state index in [0.717, 1.165) is 30.9 Å². The van der Waals surface area contributed by atoms with Crippen molar-refractivity contribution in [2.24, 2.45) is 0 Å². The quantitative estimate of drug-likeness (QED) is 0.854. The standard InChI is InChI=1S/C14H19N3/c1-3-12-5-7-14(8-6-12)17-10-13(16-11-17)9-15-4-2/h5-8,10-11,15H,3-4,9H2,1-2H3. The molecule has 0 atom stereocenters. The highest BCUT2D eigenvalue weighted by molar-refractivity contribution is 5.35. The molecule has 0 bridgehead atoms. The number of nitrogens with one attached hydrogen (secondary N) is 1. The van der Waals surface area contributed by atoms with Crippen LogP contribution in [-0.4, -0.2) is 16.1 Å². The van der Waals surface area contributed by atoms with Crippen LogP contribution in [0.1, 0.15) is 25.1 Å². The maximum Gasteiger partial charge on any atom is 0.0995 e. The van der Waals surface area contributed by atoms with E-state index in [-0.39, 0.29) is 0 Å². The number of imidazole rings is 1. The van der Waals surface area contributed by atoms with E-state index in [4.69, 9.17) is 0 Å². The van der Waals surface area contributed by atoms with Gasteiger partial charge in [-0.05, 0) is 30.7 Å². The summed E-state index contributed by atoms with van der Waals surface area (Å²) in [5, 5.41) is 3.27. The first kappa shape index (κ1) is 11.9. The maximum absolute atomic E-state index is 4.37. The van der Waals surface area contributed by atoms with Gasteiger partial charge in [-0.3, -0.25) is 0 Å². The van der Waals surface area contributed by atoms with Gasteiger partial charge in [0.15, 0.2) is 0 Å². The molecule has 0 saturated carbocycles. The summed E-state index contributed by atoms with van der Waals surface area (Å²) in [4.78, 5) is 4.37. The molecule has 1 aromatic carbocycles. The van der Waals surface area contributed by atoms with Gasteiger partial charge in [-0.1, -0.05) is 26.0 Å². The molecule has 0 aliphatic heterocycles. The van der Waals surface area contributed by atoms with Gasteiger partial charge in [0.2, 0.25) is 0 Å². The summed E-state index contributed by atoms with van der Waals surface area (Å²) >= 11 is 0. The first-order valence-corrected chi connectivity index (χ1v) is 6.16. The molecule has 17 heavy (non-hydrogen) atoms. The Hall–Kier alpha value is -1.61. The van der Waals surface area contributed by atoms with Gasteiger partial charge >= 0.3 is 0 Å². The summed E-state index contributed by atoms with van der Waals surface area (Å²) in [6.45, 7) is 6.07. The number of rotatable bonds is 5. The van der Waals surface area contributed by atoms with Crippen LogP contribution in [0.2, 0.25) is 0 Å². The van der Waals surface area contributed by atoms with E-state index in [1.165, 1.54) is 5.56 Å². The molecule has 0 fully saturated rings. The minimum absolute atomic E-state index is 0.830. The summed E-state index contributed by atoms with van der Waals surface area (Å²) in [5.74, 6) is 0. The molecule has 3 heteroatoms. The zero-order valence-electron chi connectivity index (χ0n) is 10.5. The Kier molecular flexibility index (Phi) is 3.94. The van der Waals surface area contributed by atoms with Crippen LogP contribution in [0.3, 0.4) is 0 Å². The van der Waals surface area contributed by atoms with E-state index in [1.54, 1.807) is 0 Å². The normalized spacial score (nSPS) is 10.7. The van der Waals surface area contributed by atoms with Crippen molar-refractivity contribution in [1.82, 2.24) is 14.9 Å². The number of nitrogens with zero attached hydrogens (tertiary/aromatic N) is 2. The molecule has 1 aromatic heterocycles. The summed E-state index contributed by atoms with van der Waals surface area (Å²) < 4.78 is 2.06. The van der Waals surface area contributed by atoms with E-state index in [2.05, 4.69) is 59.2 Å². The number of benzene rings is 1. The van der Waals surface area contributed by atoms with Gasteiger partial charge in [0.1, 0.15) is 0 Å². The molecule has 2 rings (SSSR count). The van der Waals surface area contributed by atoms with Crippen molar-refractivity contribution in [3.63, 3.8) is 0 Å². The Labute approximate surface area is 103 Å². The Morgan fingerprint density at radius 2 is 1.94 bits per heavy atom. The van der Waals surface area contributed by atoms with Gasteiger partial charge in [-0.25, -0.2) is 4.98 Å². The third-order valence-electron chi connectivity index (χ3n) is 2.83. The first-order chi connectivity index (χ1) is 8.33. The minimum Gasteiger partial charge on any atom is -0.311 e. The van der Waals surface area contributed by atoms with Crippen LogP contribution < -0.4 is 5.32 Å². The van der Waals surface area contributed by atoms with Crippen LogP contribution in [0.25, 0.3) is 5.69 Å². The van der Waals surface area contributed by atoms with Crippen molar-refractivity contribution >= 4 is 0 Å². The van der Waals surface area contributed by atoms with Crippen LogP contribution >= 0.6 is 0 Å². The summed E-state index contributed by atoms with van der Waals surface area (Å²) in [6, 6.07) is 8.60. The predicted molar refractivity (Wildman–Crippen MR) is 70.3 cm³/mol. The lowest BCUT2D eigenvalue weighted by molar-refractivity contribution is 0.713. The van der Waals surface area contributed by atoms with E-state index in [9.17, 15) is 0 Å². The van der Waals surface area contributed by atoms with Gasteiger partial charge < -0.3 is 9.88 Å². The predicted octanol–water partition coefficient (Wildman–Crippen LogP) is 2.54. The Balaban J connectivity index is 2.12. The third kappa shape index (κ3) is 2.94. The maximum atomic E-state index is 4.37. The van der Waals surface area contributed by atoms with Gasteiger partial charge in [-0.15, -0.1) is 0 Å². The van der Waals surface area contributed by atoms with Crippen molar-refractivity contribution in [3.05, 3.63) is 48.0 Å². The Bertz CT molecular complexity index is 457. The molecule has 0 spiro atoms. The van der Waals surface area contributed by atoms with Crippen LogP contribution in [0.4, 0.5) is 0 Å². The smallest absolute Gasteiger partial charge is 0.0995 e. The molecule has 90 valence electrons. The number of aromatic nitrogens is 2. The molecular weight excluding hydrogens is 210 g/mol. The van der Waals surface area contributed by atoms with Gasteiger partial charge in [-0.2, -0.15) is 0 Å². The van der Waals surface area contributed by atoms with Gasteiger partial charge in [0, 0.05) is 18.4 Å². The topological polar surface area (TPSA) is 29.9 Å². The number of hydrogen-bond acceptors (Lipinski definition) is 2. The Morgan fingerprint density at radius 1 is 1.18 bits per heavy atom. The first-order valence-electron chi connectivity index (χ1n) is 6.16. The van der Waals surface area contributed by atoms with Gasteiger partial charge in [0.05, 0.1) is 12.0 Å². The van der Waals surface area contributed by atoms with E-state index in [0.29, 0.717) is 0 Å². The van der Waals surface area contributed by atoms with Crippen LogP contribution in [0.5, 0.6) is 0 Å². The largest absolute Gasteiger partial charge is 0.311 e. The molecule has 3 nitrogen and oxygen atoms in total. The van der Waals surface area contributed by atoms with Gasteiger partial charge in [0.25, 0.3) is 0 Å². The van der Waals surface area contributed by atoms with Crippen molar-refractivity contribution in [1.29, 1.82) is 0 Å². The summed E-state index contributed by atoms with van der Waals surface area (Å²) in [6.07, 6.45) is 5.02. The highest BCUT2D eigenvalue weighted by Crippen LogP contribution is 2.10. The minimum atomic E-state index is 0.830. The second-order valence-corrected chi connectivity index (χ2v) is 4.07. The lowest BCUT2D eigenvalue weighted by atomic mass is 10.1. The third-order valence-corrected chi connectivity index (χ3v) is 2.83. The molecular formula is C14H19N3. The number of aryl methyl sites for hydroxylation is 1. The van der Waals surface area contributed by atoms with Crippen molar-refractivity contribution in [2.75, 3.05) is 6.54 Å². The van der Waals surface area contributed by atoms with Crippen molar-refractivity contribution in [2.45, 2.75) is 26.8 Å². The summed E-state index contributed by atoms with van der Waals surface area (Å²) in [5.41, 5.74) is 3.60. The average molecular weight is 229 g/mol. The lowest BCUT2D eigenvalue weighted by Crippen LogP contribution is -2.11. The molecule has 0 aliphatic carbocycles. The average Bonchev–Trinajstić information content (AvgIpc) is 2.85.